The number of hydrogen-bond donors (Lipinski definition) is 2. The standard InChI is InChI=1S/C19H22N4O4S3/c1-8(2)6-27-17(26)14-11(5)30-19(21-14)20-12(24)7-28-18-22-15(25)13-9(3)10(4)29-16(13)23-18/h8H,6-7H2,1-5H3,(H,20,21,24)(H,22,23,25). The predicted molar refractivity (Wildman–Crippen MR) is 121 cm³/mol. The van der Waals surface area contributed by atoms with Crippen molar-refractivity contribution in [1.82, 2.24) is 15.0 Å². The molecule has 30 heavy (non-hydrogen) atoms. The number of nitrogens with zero attached hydrogens (tertiary/aromatic N) is 2. The van der Waals surface area contributed by atoms with E-state index in [2.05, 4.69) is 20.3 Å². The number of rotatable bonds is 7. The summed E-state index contributed by atoms with van der Waals surface area (Å²) in [4.78, 5) is 50.5. The van der Waals surface area contributed by atoms with E-state index in [0.29, 0.717) is 32.0 Å². The molecule has 0 saturated heterocycles. The lowest BCUT2D eigenvalue weighted by molar-refractivity contribution is -0.113. The monoisotopic (exact) mass is 466 g/mol. The van der Waals surface area contributed by atoms with E-state index in [9.17, 15) is 14.4 Å². The molecule has 11 heteroatoms. The molecule has 3 aromatic rings. The predicted octanol–water partition coefficient (Wildman–Crippen LogP) is 3.91. The zero-order chi connectivity index (χ0) is 22.0. The quantitative estimate of drug-likeness (QED) is 0.308. The van der Waals surface area contributed by atoms with Crippen LogP contribution in [-0.4, -0.2) is 39.2 Å². The zero-order valence-corrected chi connectivity index (χ0v) is 19.7. The number of carbonyl (C=O) groups is 2. The van der Waals surface area contributed by atoms with E-state index in [1.807, 2.05) is 27.7 Å². The summed E-state index contributed by atoms with van der Waals surface area (Å²) < 4.78 is 5.20. The highest BCUT2D eigenvalue weighted by atomic mass is 32.2. The number of H-pyrrole nitrogens is 1. The highest BCUT2D eigenvalue weighted by Crippen LogP contribution is 2.27. The molecule has 0 atom stereocenters. The molecule has 1 amide bonds. The van der Waals surface area contributed by atoms with Crippen molar-refractivity contribution in [1.29, 1.82) is 0 Å². The van der Waals surface area contributed by atoms with Crippen molar-refractivity contribution in [2.75, 3.05) is 17.7 Å². The summed E-state index contributed by atoms with van der Waals surface area (Å²) in [5.74, 6) is -0.532. The van der Waals surface area contributed by atoms with E-state index in [4.69, 9.17) is 4.74 Å². The van der Waals surface area contributed by atoms with Crippen LogP contribution < -0.4 is 10.9 Å². The van der Waals surface area contributed by atoms with Gasteiger partial charge in [-0.25, -0.2) is 14.8 Å². The van der Waals surface area contributed by atoms with E-state index < -0.39 is 5.97 Å². The molecule has 0 bridgehead atoms. The van der Waals surface area contributed by atoms with Gasteiger partial charge in [0.15, 0.2) is 16.0 Å². The Morgan fingerprint density at radius 1 is 1.17 bits per heavy atom. The number of thioether (sulfide) groups is 1. The van der Waals surface area contributed by atoms with Crippen LogP contribution in [0, 0.1) is 26.7 Å². The van der Waals surface area contributed by atoms with Gasteiger partial charge in [0.25, 0.3) is 5.56 Å². The molecule has 0 aliphatic rings. The summed E-state index contributed by atoms with van der Waals surface area (Å²) in [7, 11) is 0. The summed E-state index contributed by atoms with van der Waals surface area (Å²) in [6.07, 6.45) is 0. The molecule has 3 rings (SSSR count). The van der Waals surface area contributed by atoms with E-state index in [0.717, 1.165) is 22.2 Å². The normalized spacial score (nSPS) is 11.3. The second-order valence-electron chi connectivity index (χ2n) is 7.09. The van der Waals surface area contributed by atoms with Gasteiger partial charge in [-0.05, 0) is 32.3 Å². The van der Waals surface area contributed by atoms with Gasteiger partial charge in [-0.15, -0.1) is 22.7 Å². The smallest absolute Gasteiger partial charge is 0.358 e. The number of esters is 1. The molecule has 3 aromatic heterocycles. The Labute approximate surface area is 185 Å². The number of thiophene rings is 1. The van der Waals surface area contributed by atoms with Crippen molar-refractivity contribution in [3.8, 4) is 0 Å². The molecule has 0 radical (unpaired) electrons. The number of hydrogen-bond acceptors (Lipinski definition) is 9. The fraction of sp³-hybridized carbons (Fsp3) is 0.421. The van der Waals surface area contributed by atoms with Crippen LogP contribution in [0.15, 0.2) is 9.95 Å². The van der Waals surface area contributed by atoms with Crippen LogP contribution in [-0.2, 0) is 9.53 Å². The van der Waals surface area contributed by atoms with E-state index in [-0.39, 0.29) is 28.8 Å². The van der Waals surface area contributed by atoms with Crippen molar-refractivity contribution < 1.29 is 14.3 Å². The van der Waals surface area contributed by atoms with Gasteiger partial charge >= 0.3 is 5.97 Å². The van der Waals surface area contributed by atoms with Gasteiger partial charge in [0.2, 0.25) is 5.91 Å². The molecular weight excluding hydrogens is 444 g/mol. The molecule has 0 aliphatic heterocycles. The summed E-state index contributed by atoms with van der Waals surface area (Å²) in [5, 5.41) is 4.00. The number of carbonyl (C=O) groups excluding carboxylic acids is 2. The van der Waals surface area contributed by atoms with Crippen molar-refractivity contribution in [3.63, 3.8) is 0 Å². The fourth-order valence-corrected chi connectivity index (χ4v) is 5.11. The maximum absolute atomic E-state index is 12.3. The first-order valence-electron chi connectivity index (χ1n) is 9.23. The third kappa shape index (κ3) is 5.08. The molecule has 0 aromatic carbocycles. The van der Waals surface area contributed by atoms with Crippen molar-refractivity contribution in [3.05, 3.63) is 31.4 Å². The Bertz CT molecular complexity index is 1160. The third-order valence-electron chi connectivity index (χ3n) is 4.14. The maximum atomic E-state index is 12.3. The minimum atomic E-state index is -0.496. The van der Waals surface area contributed by atoms with Crippen LogP contribution in [0.2, 0.25) is 0 Å². The van der Waals surface area contributed by atoms with Gasteiger partial charge in [-0.3, -0.25) is 9.59 Å². The van der Waals surface area contributed by atoms with Crippen molar-refractivity contribution in [2.24, 2.45) is 5.92 Å². The number of thiazole rings is 1. The van der Waals surface area contributed by atoms with Gasteiger partial charge in [-0.1, -0.05) is 25.6 Å². The molecule has 2 N–H and O–H groups in total. The van der Waals surface area contributed by atoms with Gasteiger partial charge in [0.05, 0.1) is 17.7 Å². The molecule has 160 valence electrons. The molecule has 0 aliphatic carbocycles. The van der Waals surface area contributed by atoms with E-state index in [1.54, 1.807) is 6.92 Å². The van der Waals surface area contributed by atoms with Crippen LogP contribution in [0.25, 0.3) is 10.2 Å². The largest absolute Gasteiger partial charge is 0.461 e. The number of aromatic nitrogens is 3. The lowest BCUT2D eigenvalue weighted by Crippen LogP contribution is -2.16. The lowest BCUT2D eigenvalue weighted by Gasteiger charge is -2.05. The van der Waals surface area contributed by atoms with Crippen LogP contribution in [0.4, 0.5) is 5.13 Å². The minimum absolute atomic E-state index is 0.0452. The summed E-state index contributed by atoms with van der Waals surface area (Å²) in [6.45, 7) is 9.81. The van der Waals surface area contributed by atoms with Gasteiger partial charge in [0.1, 0.15) is 4.83 Å². The van der Waals surface area contributed by atoms with E-state index >= 15 is 0 Å². The Morgan fingerprint density at radius 2 is 1.90 bits per heavy atom. The van der Waals surface area contributed by atoms with Crippen molar-refractivity contribution >= 4 is 61.7 Å². The zero-order valence-electron chi connectivity index (χ0n) is 17.2. The number of nitrogens with one attached hydrogen (secondary N) is 2. The molecule has 8 nitrogen and oxygen atoms in total. The average Bonchev–Trinajstić information content (AvgIpc) is 3.17. The molecule has 0 spiro atoms. The minimum Gasteiger partial charge on any atom is -0.461 e. The molecule has 3 heterocycles. The Balaban J connectivity index is 1.63. The highest BCUT2D eigenvalue weighted by Gasteiger charge is 2.19. The number of fused-ring (bicyclic) bond motifs is 1. The first kappa shape index (κ1) is 22.4. The van der Waals surface area contributed by atoms with Crippen LogP contribution in [0.1, 0.15) is 39.7 Å². The highest BCUT2D eigenvalue weighted by molar-refractivity contribution is 7.99. The third-order valence-corrected chi connectivity index (χ3v) is 7.00. The SMILES string of the molecule is Cc1sc(NC(=O)CSc2nc3sc(C)c(C)c3c(=O)[nH]2)nc1C(=O)OCC(C)C. The van der Waals surface area contributed by atoms with Gasteiger partial charge in [0, 0.05) is 9.75 Å². The fourth-order valence-electron chi connectivity index (χ4n) is 2.54. The van der Waals surface area contributed by atoms with Crippen molar-refractivity contribution in [2.45, 2.75) is 39.8 Å². The molecule has 0 saturated carbocycles. The van der Waals surface area contributed by atoms with Crippen LogP contribution >= 0.6 is 34.4 Å². The Kier molecular flexibility index (Phi) is 6.94. The Hall–Kier alpha value is -2.24. The summed E-state index contributed by atoms with van der Waals surface area (Å²) >= 11 is 3.80. The van der Waals surface area contributed by atoms with Crippen LogP contribution in [0.5, 0.6) is 0 Å². The van der Waals surface area contributed by atoms with Gasteiger partial charge in [-0.2, -0.15) is 0 Å². The first-order valence-corrected chi connectivity index (χ1v) is 11.8. The second-order valence-corrected chi connectivity index (χ2v) is 10.5. The second kappa shape index (κ2) is 9.27. The van der Waals surface area contributed by atoms with Gasteiger partial charge < -0.3 is 15.0 Å². The Morgan fingerprint density at radius 3 is 2.60 bits per heavy atom. The molecule has 0 fully saturated rings. The molecule has 0 unspecified atom stereocenters. The first-order chi connectivity index (χ1) is 14.2. The number of ether oxygens (including phenoxy) is 1. The average molecular weight is 467 g/mol. The van der Waals surface area contributed by atoms with Crippen LogP contribution in [0.3, 0.4) is 0 Å². The number of aromatic amines is 1. The maximum Gasteiger partial charge on any atom is 0.358 e. The topological polar surface area (TPSA) is 114 Å². The lowest BCUT2D eigenvalue weighted by atomic mass is 10.2. The number of anilines is 1. The summed E-state index contributed by atoms with van der Waals surface area (Å²) in [6, 6.07) is 0. The molecular formula is C19H22N4O4S3. The summed E-state index contributed by atoms with van der Waals surface area (Å²) in [5.41, 5.74) is 0.938. The number of amides is 1. The number of aryl methyl sites for hydroxylation is 3. The van der Waals surface area contributed by atoms with E-state index in [1.165, 1.54) is 22.7 Å².